The van der Waals surface area contributed by atoms with E-state index in [1.807, 2.05) is 13.0 Å². The van der Waals surface area contributed by atoms with Gasteiger partial charge in [-0.25, -0.2) is 9.97 Å². The standard InChI is InChI=1S/C16H16ClF3N6O/c1-3-27-7-6-26-12-11(13(25-26)16(18,19)20)23-15(17)24-14(12)22-10-5-4-9(2)8-21-10/h4-5,8H,3,6-7H2,1-2H3,(H,21,22,23,24). The van der Waals surface area contributed by atoms with Crippen molar-refractivity contribution >= 4 is 34.3 Å². The molecule has 27 heavy (non-hydrogen) atoms. The maximum atomic E-state index is 13.4. The Balaban J connectivity index is 2.13. The Morgan fingerprint density at radius 2 is 2.04 bits per heavy atom. The minimum atomic E-state index is -4.69. The summed E-state index contributed by atoms with van der Waals surface area (Å²) in [7, 11) is 0. The number of halogens is 4. The summed E-state index contributed by atoms with van der Waals surface area (Å²) in [5.41, 5.74) is -0.492. The first-order chi connectivity index (χ1) is 12.8. The lowest BCUT2D eigenvalue weighted by molar-refractivity contribution is -0.140. The molecule has 0 aliphatic heterocycles. The van der Waals surface area contributed by atoms with Crippen LogP contribution >= 0.6 is 11.6 Å². The van der Waals surface area contributed by atoms with Crippen molar-refractivity contribution in [3.63, 3.8) is 0 Å². The van der Waals surface area contributed by atoms with Crippen LogP contribution in [0.3, 0.4) is 0 Å². The number of hydrogen-bond donors (Lipinski definition) is 1. The maximum absolute atomic E-state index is 13.4. The number of alkyl halides is 3. The molecule has 0 saturated heterocycles. The first kappa shape index (κ1) is 19.3. The van der Waals surface area contributed by atoms with E-state index in [1.54, 1.807) is 19.2 Å². The molecule has 0 spiro atoms. The number of anilines is 2. The molecule has 144 valence electrons. The van der Waals surface area contributed by atoms with Gasteiger partial charge >= 0.3 is 6.18 Å². The predicted octanol–water partition coefficient (Wildman–Crippen LogP) is 3.98. The van der Waals surface area contributed by atoms with Gasteiger partial charge in [0.1, 0.15) is 16.9 Å². The second-order valence-corrected chi connectivity index (χ2v) is 5.99. The number of rotatable bonds is 6. The molecular weight excluding hydrogens is 385 g/mol. The topological polar surface area (TPSA) is 77.8 Å². The van der Waals surface area contributed by atoms with Gasteiger partial charge in [0, 0.05) is 12.8 Å². The van der Waals surface area contributed by atoms with Crippen LogP contribution in [-0.2, 0) is 17.5 Å². The number of pyridine rings is 1. The molecule has 3 aromatic rings. The molecule has 0 fully saturated rings. The zero-order chi connectivity index (χ0) is 19.6. The molecule has 0 aromatic carbocycles. The Kier molecular flexibility index (Phi) is 5.47. The zero-order valence-electron chi connectivity index (χ0n) is 14.5. The van der Waals surface area contributed by atoms with Crippen molar-refractivity contribution < 1.29 is 17.9 Å². The molecule has 0 radical (unpaired) electrons. The average molecular weight is 401 g/mol. The van der Waals surface area contributed by atoms with Gasteiger partial charge in [-0.05, 0) is 37.1 Å². The van der Waals surface area contributed by atoms with Gasteiger partial charge in [-0.1, -0.05) is 6.07 Å². The molecule has 0 aliphatic rings. The smallest absolute Gasteiger partial charge is 0.380 e. The SMILES string of the molecule is CCOCCn1nc(C(F)(F)F)c2nc(Cl)nc(Nc3ccc(C)cn3)c21. The number of aryl methyl sites for hydroxylation is 1. The monoisotopic (exact) mass is 400 g/mol. The molecule has 0 amide bonds. The number of ether oxygens (including phenoxy) is 1. The van der Waals surface area contributed by atoms with Crippen molar-refractivity contribution in [1.29, 1.82) is 0 Å². The molecular formula is C16H16ClF3N6O. The summed E-state index contributed by atoms with van der Waals surface area (Å²) in [5, 5.41) is 6.25. The van der Waals surface area contributed by atoms with Crippen molar-refractivity contribution in [2.45, 2.75) is 26.6 Å². The van der Waals surface area contributed by atoms with Crippen LogP contribution in [0.1, 0.15) is 18.2 Å². The summed E-state index contributed by atoms with van der Waals surface area (Å²) in [6, 6.07) is 3.49. The second kappa shape index (κ2) is 7.65. The van der Waals surface area contributed by atoms with Gasteiger partial charge in [-0.3, -0.25) is 4.68 Å². The third kappa shape index (κ3) is 4.28. The number of aromatic nitrogens is 5. The van der Waals surface area contributed by atoms with E-state index in [2.05, 4.69) is 25.4 Å². The van der Waals surface area contributed by atoms with Crippen LogP contribution in [0.15, 0.2) is 18.3 Å². The van der Waals surface area contributed by atoms with Gasteiger partial charge < -0.3 is 10.1 Å². The predicted molar refractivity (Wildman–Crippen MR) is 94.1 cm³/mol. The van der Waals surface area contributed by atoms with Crippen molar-refractivity contribution in [1.82, 2.24) is 24.7 Å². The highest BCUT2D eigenvalue weighted by molar-refractivity contribution is 6.28. The van der Waals surface area contributed by atoms with Gasteiger partial charge in [0.05, 0.1) is 13.2 Å². The molecule has 0 bridgehead atoms. The fourth-order valence-corrected chi connectivity index (χ4v) is 2.62. The Bertz CT molecular complexity index is 942. The van der Waals surface area contributed by atoms with Gasteiger partial charge in [0.2, 0.25) is 5.28 Å². The van der Waals surface area contributed by atoms with Crippen molar-refractivity contribution in [2.24, 2.45) is 0 Å². The van der Waals surface area contributed by atoms with E-state index in [1.165, 1.54) is 4.68 Å². The fraction of sp³-hybridized carbons (Fsp3) is 0.375. The van der Waals surface area contributed by atoms with Crippen LogP contribution in [0, 0.1) is 6.92 Å². The fourth-order valence-electron chi connectivity index (χ4n) is 2.45. The van der Waals surface area contributed by atoms with Gasteiger partial charge in [0.15, 0.2) is 11.5 Å². The van der Waals surface area contributed by atoms with Crippen LogP contribution in [-0.4, -0.2) is 37.9 Å². The third-order valence-electron chi connectivity index (χ3n) is 3.64. The minimum absolute atomic E-state index is 0.0776. The number of hydrogen-bond acceptors (Lipinski definition) is 6. The summed E-state index contributed by atoms with van der Waals surface area (Å²) in [4.78, 5) is 12.0. The van der Waals surface area contributed by atoms with Crippen molar-refractivity contribution in [2.75, 3.05) is 18.5 Å². The maximum Gasteiger partial charge on any atom is 0.437 e. The Hall–Kier alpha value is -2.46. The van der Waals surface area contributed by atoms with Crippen LogP contribution in [0.25, 0.3) is 11.0 Å². The second-order valence-electron chi connectivity index (χ2n) is 5.65. The highest BCUT2D eigenvalue weighted by atomic mass is 35.5. The Morgan fingerprint density at radius 1 is 1.26 bits per heavy atom. The molecule has 0 unspecified atom stereocenters. The lowest BCUT2D eigenvalue weighted by atomic mass is 10.3. The third-order valence-corrected chi connectivity index (χ3v) is 3.81. The van der Waals surface area contributed by atoms with Crippen LogP contribution < -0.4 is 5.32 Å². The number of nitrogens with one attached hydrogen (secondary N) is 1. The van der Waals surface area contributed by atoms with E-state index in [0.717, 1.165) is 5.56 Å². The molecule has 3 heterocycles. The summed E-state index contributed by atoms with van der Waals surface area (Å²) in [6.45, 7) is 4.39. The van der Waals surface area contributed by atoms with Crippen LogP contribution in [0.2, 0.25) is 5.28 Å². The molecule has 7 nitrogen and oxygen atoms in total. The van der Waals surface area contributed by atoms with E-state index >= 15 is 0 Å². The van der Waals surface area contributed by atoms with E-state index in [9.17, 15) is 13.2 Å². The summed E-state index contributed by atoms with van der Waals surface area (Å²) in [6.07, 6.45) is -3.07. The van der Waals surface area contributed by atoms with E-state index in [-0.39, 0.29) is 35.3 Å². The Labute approximate surface area is 157 Å². The molecule has 0 aliphatic carbocycles. The summed E-state index contributed by atoms with van der Waals surface area (Å²) in [5.74, 6) is 0.489. The van der Waals surface area contributed by atoms with Gasteiger partial charge in [0.25, 0.3) is 0 Å². The van der Waals surface area contributed by atoms with Crippen LogP contribution in [0.4, 0.5) is 24.8 Å². The van der Waals surface area contributed by atoms with E-state index in [4.69, 9.17) is 16.3 Å². The lowest BCUT2D eigenvalue weighted by Gasteiger charge is -2.09. The molecule has 1 N–H and O–H groups in total. The summed E-state index contributed by atoms with van der Waals surface area (Å²) >= 11 is 5.86. The normalized spacial score (nSPS) is 11.9. The van der Waals surface area contributed by atoms with Gasteiger partial charge in [-0.2, -0.15) is 23.3 Å². The van der Waals surface area contributed by atoms with Crippen molar-refractivity contribution in [3.8, 4) is 0 Å². The quantitative estimate of drug-likeness (QED) is 0.498. The van der Waals surface area contributed by atoms with E-state index in [0.29, 0.717) is 12.4 Å². The van der Waals surface area contributed by atoms with Gasteiger partial charge in [-0.15, -0.1) is 0 Å². The first-order valence-corrected chi connectivity index (χ1v) is 8.46. The molecule has 11 heteroatoms. The van der Waals surface area contributed by atoms with Crippen molar-refractivity contribution in [3.05, 3.63) is 34.9 Å². The molecule has 0 atom stereocenters. The Morgan fingerprint density at radius 3 is 2.67 bits per heavy atom. The minimum Gasteiger partial charge on any atom is -0.380 e. The first-order valence-electron chi connectivity index (χ1n) is 8.08. The summed E-state index contributed by atoms with van der Waals surface area (Å²) < 4.78 is 46.6. The highest BCUT2D eigenvalue weighted by Crippen LogP contribution is 2.36. The molecule has 3 aromatic heterocycles. The van der Waals surface area contributed by atoms with E-state index < -0.39 is 11.9 Å². The number of nitrogens with zero attached hydrogens (tertiary/aromatic N) is 5. The molecule has 3 rings (SSSR count). The lowest BCUT2D eigenvalue weighted by Crippen LogP contribution is -2.11. The van der Waals surface area contributed by atoms with Crippen LogP contribution in [0.5, 0.6) is 0 Å². The highest BCUT2D eigenvalue weighted by Gasteiger charge is 2.38. The molecule has 0 saturated carbocycles. The largest absolute Gasteiger partial charge is 0.437 e. The zero-order valence-corrected chi connectivity index (χ0v) is 15.3. The number of fused-ring (bicyclic) bond motifs is 1. The average Bonchev–Trinajstić information content (AvgIpc) is 2.96.